The lowest BCUT2D eigenvalue weighted by Gasteiger charge is -2.32. The van der Waals surface area contributed by atoms with Gasteiger partial charge in [-0.3, -0.25) is 9.78 Å². The summed E-state index contributed by atoms with van der Waals surface area (Å²) in [6.45, 7) is 8.12. The van der Waals surface area contributed by atoms with Crippen LogP contribution in [-0.4, -0.2) is 76.6 Å². The molecule has 1 fully saturated rings. The summed E-state index contributed by atoms with van der Waals surface area (Å²) >= 11 is 0. The summed E-state index contributed by atoms with van der Waals surface area (Å²) in [5, 5.41) is 6.38. The van der Waals surface area contributed by atoms with Crippen LogP contribution in [0.2, 0.25) is 0 Å². The molecule has 1 aliphatic rings. The van der Waals surface area contributed by atoms with Gasteiger partial charge in [-0.15, -0.1) is 0 Å². The molecule has 204 valence electrons. The summed E-state index contributed by atoms with van der Waals surface area (Å²) in [5.74, 6) is 1.75. The van der Waals surface area contributed by atoms with E-state index in [1.54, 1.807) is 18.3 Å². The van der Waals surface area contributed by atoms with Crippen LogP contribution in [0.15, 0.2) is 60.8 Å². The second-order valence-electron chi connectivity index (χ2n) is 10.1. The van der Waals surface area contributed by atoms with E-state index < -0.39 is 0 Å². The number of ether oxygens (including phenoxy) is 1. The van der Waals surface area contributed by atoms with Gasteiger partial charge in [-0.05, 0) is 62.3 Å². The fourth-order valence-corrected chi connectivity index (χ4v) is 4.71. The van der Waals surface area contributed by atoms with Crippen LogP contribution >= 0.6 is 0 Å². The zero-order valence-electron chi connectivity index (χ0n) is 23.0. The van der Waals surface area contributed by atoms with Crippen LogP contribution in [0, 0.1) is 0 Å². The van der Waals surface area contributed by atoms with Crippen LogP contribution in [0.25, 0.3) is 11.0 Å². The Morgan fingerprint density at radius 1 is 0.974 bits per heavy atom. The van der Waals surface area contributed by atoms with Crippen LogP contribution in [-0.2, 0) is 13.5 Å². The van der Waals surface area contributed by atoms with Crippen molar-refractivity contribution in [2.75, 3.05) is 51.6 Å². The Balaban J connectivity index is 1.18. The topological polar surface area (TPSA) is 87.6 Å². The van der Waals surface area contributed by atoms with Crippen molar-refractivity contribution in [3.05, 3.63) is 72.1 Å². The minimum absolute atomic E-state index is 0.193. The highest BCUT2D eigenvalue weighted by atomic mass is 16.5. The fraction of sp³-hybridized carbons (Fsp3) is 0.367. The Kier molecular flexibility index (Phi) is 8.39. The van der Waals surface area contributed by atoms with Crippen LogP contribution in [0.5, 0.6) is 11.5 Å². The molecule has 2 aromatic carbocycles. The minimum Gasteiger partial charge on any atom is -0.457 e. The molecule has 0 radical (unpaired) electrons. The molecule has 0 unspecified atom stereocenters. The molecular formula is C30H37N7O2. The number of carbonyl (C=O) groups is 1. The molecule has 0 aliphatic carbocycles. The molecule has 3 heterocycles. The van der Waals surface area contributed by atoms with Crippen molar-refractivity contribution >= 4 is 28.6 Å². The average Bonchev–Trinajstić information content (AvgIpc) is 3.26. The van der Waals surface area contributed by atoms with Gasteiger partial charge in [0.05, 0.1) is 11.0 Å². The van der Waals surface area contributed by atoms with Gasteiger partial charge >= 0.3 is 0 Å². The molecule has 9 heteroatoms. The number of benzene rings is 2. The number of nitrogens with zero attached hydrogens (tertiary/aromatic N) is 5. The summed E-state index contributed by atoms with van der Waals surface area (Å²) in [5.41, 5.74) is 4.43. The number of hydrogen-bond donors (Lipinski definition) is 2. The van der Waals surface area contributed by atoms with Crippen LogP contribution in [0.1, 0.15) is 29.4 Å². The SMILES string of the molecule is CCc1ccc(Nc2nc3cc(Oc4ccnc(C(=O)NCCCN5CCN(C)CC5)c4)ccc3n2C)cc1. The summed E-state index contributed by atoms with van der Waals surface area (Å²) < 4.78 is 8.10. The number of amides is 1. The van der Waals surface area contributed by atoms with Gasteiger partial charge in [0.2, 0.25) is 5.95 Å². The molecule has 0 atom stereocenters. The van der Waals surface area contributed by atoms with Gasteiger partial charge in [-0.2, -0.15) is 0 Å². The number of hydrogen-bond acceptors (Lipinski definition) is 7. The first-order valence-corrected chi connectivity index (χ1v) is 13.6. The standard InChI is InChI=1S/C30H37N7O2/c1-4-22-6-8-23(9-7-22)33-30-34-26-20-24(10-11-28(26)36(30)3)39-25-12-14-31-27(21-25)29(38)32-13-5-15-37-18-16-35(2)17-19-37/h6-12,14,20-21H,4-5,13,15-19H2,1-3H3,(H,32,38)(H,33,34). The first kappa shape index (κ1) is 26.6. The third-order valence-corrected chi connectivity index (χ3v) is 7.20. The summed E-state index contributed by atoms with van der Waals surface area (Å²) in [6, 6.07) is 17.6. The second kappa shape index (κ2) is 12.3. The number of pyridine rings is 1. The van der Waals surface area contributed by atoms with E-state index in [9.17, 15) is 4.79 Å². The number of aromatic nitrogens is 3. The maximum absolute atomic E-state index is 12.7. The predicted octanol–water partition coefficient (Wildman–Crippen LogP) is 4.43. The Bertz CT molecular complexity index is 1410. The molecule has 2 N–H and O–H groups in total. The van der Waals surface area contributed by atoms with E-state index in [4.69, 9.17) is 9.72 Å². The van der Waals surface area contributed by atoms with Crippen LogP contribution in [0.4, 0.5) is 11.6 Å². The third-order valence-electron chi connectivity index (χ3n) is 7.20. The molecule has 5 rings (SSSR count). The Hall–Kier alpha value is -3.95. The highest BCUT2D eigenvalue weighted by molar-refractivity contribution is 5.92. The van der Waals surface area contributed by atoms with Crippen molar-refractivity contribution in [2.24, 2.45) is 7.05 Å². The maximum atomic E-state index is 12.7. The van der Waals surface area contributed by atoms with Crippen molar-refractivity contribution in [1.29, 1.82) is 0 Å². The molecule has 4 aromatic rings. The van der Waals surface area contributed by atoms with Gasteiger partial charge in [0.1, 0.15) is 17.2 Å². The van der Waals surface area contributed by atoms with Gasteiger partial charge in [0.15, 0.2) is 0 Å². The molecule has 0 spiro atoms. The molecule has 0 bridgehead atoms. The quantitative estimate of drug-likeness (QED) is 0.295. The summed E-state index contributed by atoms with van der Waals surface area (Å²) in [7, 11) is 4.14. The lowest BCUT2D eigenvalue weighted by Crippen LogP contribution is -2.45. The van der Waals surface area contributed by atoms with Gasteiger partial charge < -0.3 is 29.7 Å². The monoisotopic (exact) mass is 527 g/mol. The Morgan fingerprint density at radius 2 is 1.74 bits per heavy atom. The number of piperazine rings is 1. The van der Waals surface area contributed by atoms with E-state index in [1.165, 1.54) is 5.56 Å². The fourth-order valence-electron chi connectivity index (χ4n) is 4.71. The van der Waals surface area contributed by atoms with E-state index in [0.29, 0.717) is 23.7 Å². The van der Waals surface area contributed by atoms with E-state index in [0.717, 1.165) is 68.2 Å². The number of rotatable bonds is 10. The molecule has 1 aliphatic heterocycles. The van der Waals surface area contributed by atoms with Crippen LogP contribution < -0.4 is 15.4 Å². The van der Waals surface area contributed by atoms with Crippen molar-refractivity contribution in [2.45, 2.75) is 19.8 Å². The van der Waals surface area contributed by atoms with E-state index >= 15 is 0 Å². The molecule has 39 heavy (non-hydrogen) atoms. The van der Waals surface area contributed by atoms with Gasteiger partial charge in [0.25, 0.3) is 5.91 Å². The van der Waals surface area contributed by atoms with E-state index in [-0.39, 0.29) is 5.91 Å². The zero-order chi connectivity index (χ0) is 27.2. The molecule has 1 amide bonds. The van der Waals surface area contributed by atoms with Crippen LogP contribution in [0.3, 0.4) is 0 Å². The van der Waals surface area contributed by atoms with E-state index in [2.05, 4.69) is 63.7 Å². The molecule has 9 nitrogen and oxygen atoms in total. The van der Waals surface area contributed by atoms with Gasteiger partial charge in [-0.25, -0.2) is 4.98 Å². The number of imidazole rings is 1. The molecule has 2 aromatic heterocycles. The zero-order valence-corrected chi connectivity index (χ0v) is 23.0. The molecule has 1 saturated heterocycles. The Labute approximate surface area is 229 Å². The average molecular weight is 528 g/mol. The molecular weight excluding hydrogens is 490 g/mol. The smallest absolute Gasteiger partial charge is 0.270 e. The summed E-state index contributed by atoms with van der Waals surface area (Å²) in [4.78, 5) is 26.5. The number of nitrogens with one attached hydrogen (secondary N) is 2. The predicted molar refractivity (Wildman–Crippen MR) is 155 cm³/mol. The highest BCUT2D eigenvalue weighted by Gasteiger charge is 2.14. The number of fused-ring (bicyclic) bond motifs is 1. The van der Waals surface area contributed by atoms with Gasteiger partial charge in [0, 0.05) is 63.8 Å². The molecule has 0 saturated carbocycles. The number of likely N-dealkylation sites (N-methyl/N-ethyl adjacent to an activating group) is 1. The maximum Gasteiger partial charge on any atom is 0.270 e. The lowest BCUT2D eigenvalue weighted by atomic mass is 10.1. The van der Waals surface area contributed by atoms with Crippen molar-refractivity contribution in [3.63, 3.8) is 0 Å². The highest BCUT2D eigenvalue weighted by Crippen LogP contribution is 2.28. The summed E-state index contributed by atoms with van der Waals surface area (Å²) in [6.07, 6.45) is 3.52. The van der Waals surface area contributed by atoms with Gasteiger partial charge in [-0.1, -0.05) is 19.1 Å². The van der Waals surface area contributed by atoms with Crippen molar-refractivity contribution in [1.82, 2.24) is 29.7 Å². The Morgan fingerprint density at radius 3 is 2.51 bits per heavy atom. The van der Waals surface area contributed by atoms with Crippen molar-refractivity contribution in [3.8, 4) is 11.5 Å². The lowest BCUT2D eigenvalue weighted by molar-refractivity contribution is 0.0944. The normalized spacial score (nSPS) is 14.4. The third kappa shape index (κ3) is 6.74. The first-order valence-electron chi connectivity index (χ1n) is 13.6. The second-order valence-corrected chi connectivity index (χ2v) is 10.1. The number of carbonyl (C=O) groups excluding carboxylic acids is 1. The minimum atomic E-state index is -0.193. The first-order chi connectivity index (χ1) is 19.0. The largest absolute Gasteiger partial charge is 0.457 e. The van der Waals surface area contributed by atoms with E-state index in [1.807, 2.05) is 29.8 Å². The van der Waals surface area contributed by atoms with Crippen molar-refractivity contribution < 1.29 is 9.53 Å². The number of anilines is 2. The number of aryl methyl sites for hydroxylation is 2.